The number of halogens is 3. The number of anilines is 2. The first-order valence-corrected chi connectivity index (χ1v) is 7.70. The molecule has 0 spiro atoms. The van der Waals surface area contributed by atoms with Crippen LogP contribution < -0.4 is 15.4 Å². The average Bonchev–Trinajstić information content (AvgIpc) is 2.45. The maximum Gasteiger partial charge on any atom is 0.166 e. The Kier molecular flexibility index (Phi) is 5.13. The van der Waals surface area contributed by atoms with Crippen molar-refractivity contribution in [3.8, 4) is 5.75 Å². The van der Waals surface area contributed by atoms with E-state index >= 15 is 0 Å². The highest BCUT2D eigenvalue weighted by Crippen LogP contribution is 2.34. The van der Waals surface area contributed by atoms with Gasteiger partial charge in [0.1, 0.15) is 11.9 Å². The van der Waals surface area contributed by atoms with Gasteiger partial charge in [-0.3, -0.25) is 0 Å². The van der Waals surface area contributed by atoms with Crippen LogP contribution in [0.5, 0.6) is 5.75 Å². The first kappa shape index (κ1) is 16.8. The molecule has 0 bridgehead atoms. The third kappa shape index (κ3) is 3.62. The summed E-state index contributed by atoms with van der Waals surface area (Å²) in [4.78, 5) is 5.87. The molecule has 22 heavy (non-hydrogen) atoms. The van der Waals surface area contributed by atoms with Gasteiger partial charge in [0, 0.05) is 36.0 Å². The number of aromatic nitrogens is 1. The fourth-order valence-electron chi connectivity index (χ4n) is 2.04. The van der Waals surface area contributed by atoms with E-state index in [0.29, 0.717) is 11.3 Å². The topological polar surface area (TPSA) is 51.4 Å². The molecule has 2 N–H and O–H groups in total. The summed E-state index contributed by atoms with van der Waals surface area (Å²) in [6, 6.07) is 4.68. The summed E-state index contributed by atoms with van der Waals surface area (Å²) in [5.74, 6) is 0.218. The van der Waals surface area contributed by atoms with E-state index in [0.717, 1.165) is 10.2 Å². The number of nitrogens with zero attached hydrogens (tertiary/aromatic N) is 2. The van der Waals surface area contributed by atoms with Crippen molar-refractivity contribution in [2.45, 2.75) is 13.0 Å². The SMILES string of the molecule is CC(Oc1cc(Br)cnc1N)c1cc(F)c(Cl)cc1N(C)C. The minimum Gasteiger partial charge on any atom is -0.482 e. The van der Waals surface area contributed by atoms with Gasteiger partial charge in [-0.1, -0.05) is 11.6 Å². The first-order chi connectivity index (χ1) is 10.3. The molecule has 0 saturated heterocycles. The zero-order valence-electron chi connectivity index (χ0n) is 12.4. The fraction of sp³-hybridized carbons (Fsp3) is 0.267. The van der Waals surface area contributed by atoms with Gasteiger partial charge in [-0.25, -0.2) is 9.37 Å². The van der Waals surface area contributed by atoms with Gasteiger partial charge in [-0.15, -0.1) is 0 Å². The van der Waals surface area contributed by atoms with E-state index in [1.165, 1.54) is 6.07 Å². The molecule has 2 aromatic rings. The van der Waals surface area contributed by atoms with Crippen LogP contribution in [0.4, 0.5) is 15.9 Å². The van der Waals surface area contributed by atoms with E-state index in [-0.39, 0.29) is 10.8 Å². The Bertz CT molecular complexity index is 697. The van der Waals surface area contributed by atoms with Crippen molar-refractivity contribution in [2.75, 3.05) is 24.7 Å². The standard InChI is InChI=1S/C15H16BrClFN3O/c1-8(22-14-4-9(16)7-20-15(14)19)10-5-12(18)11(17)6-13(10)21(2)3/h4-8H,1-3H3,(H2,19,20). The van der Waals surface area contributed by atoms with Crippen molar-refractivity contribution >= 4 is 39.0 Å². The van der Waals surface area contributed by atoms with Crippen LogP contribution in [0.2, 0.25) is 5.02 Å². The number of pyridine rings is 1. The molecule has 0 aliphatic rings. The van der Waals surface area contributed by atoms with Crippen molar-refractivity contribution in [1.82, 2.24) is 4.98 Å². The Balaban J connectivity index is 2.38. The number of hydrogen-bond acceptors (Lipinski definition) is 4. The van der Waals surface area contributed by atoms with Crippen molar-refractivity contribution < 1.29 is 9.13 Å². The Hall–Kier alpha value is -1.53. The summed E-state index contributed by atoms with van der Waals surface area (Å²) in [6.45, 7) is 1.82. The van der Waals surface area contributed by atoms with Crippen LogP contribution in [0.1, 0.15) is 18.6 Å². The van der Waals surface area contributed by atoms with Crippen molar-refractivity contribution in [3.05, 3.63) is 45.3 Å². The lowest BCUT2D eigenvalue weighted by Crippen LogP contribution is -2.15. The lowest BCUT2D eigenvalue weighted by molar-refractivity contribution is 0.227. The van der Waals surface area contributed by atoms with Gasteiger partial charge in [0.05, 0.1) is 5.02 Å². The molecule has 0 amide bonds. The maximum absolute atomic E-state index is 13.8. The van der Waals surface area contributed by atoms with Crippen molar-refractivity contribution in [2.24, 2.45) is 0 Å². The highest BCUT2D eigenvalue weighted by atomic mass is 79.9. The number of hydrogen-bond donors (Lipinski definition) is 1. The lowest BCUT2D eigenvalue weighted by Gasteiger charge is -2.23. The molecule has 2 rings (SSSR count). The van der Waals surface area contributed by atoms with Crippen LogP contribution in [0.15, 0.2) is 28.9 Å². The van der Waals surface area contributed by atoms with E-state index in [4.69, 9.17) is 22.1 Å². The molecule has 1 heterocycles. The molecule has 7 heteroatoms. The van der Waals surface area contributed by atoms with Gasteiger partial charge in [0.2, 0.25) is 0 Å². The monoisotopic (exact) mass is 387 g/mol. The summed E-state index contributed by atoms with van der Waals surface area (Å²) in [5, 5.41) is 0.0725. The molecule has 0 fully saturated rings. The molecule has 4 nitrogen and oxygen atoms in total. The molecular weight excluding hydrogens is 373 g/mol. The predicted octanol–water partition coefficient (Wildman–Crippen LogP) is 4.42. The molecule has 1 aromatic carbocycles. The quantitative estimate of drug-likeness (QED) is 0.842. The minimum absolute atomic E-state index is 0.0725. The van der Waals surface area contributed by atoms with E-state index in [1.54, 1.807) is 18.3 Å². The normalized spacial score (nSPS) is 12.1. The maximum atomic E-state index is 13.8. The molecule has 0 saturated carbocycles. The summed E-state index contributed by atoms with van der Waals surface area (Å²) < 4.78 is 20.4. The number of ether oxygens (including phenoxy) is 1. The molecular formula is C15H16BrClFN3O. The molecule has 1 aromatic heterocycles. The molecule has 0 aliphatic carbocycles. The van der Waals surface area contributed by atoms with Gasteiger partial charge in [0.15, 0.2) is 11.6 Å². The Labute approximate surface area is 142 Å². The fourth-order valence-corrected chi connectivity index (χ4v) is 2.51. The van der Waals surface area contributed by atoms with E-state index in [1.807, 2.05) is 25.9 Å². The van der Waals surface area contributed by atoms with Crippen molar-refractivity contribution in [3.63, 3.8) is 0 Å². The van der Waals surface area contributed by atoms with Crippen LogP contribution in [-0.2, 0) is 0 Å². The summed E-state index contributed by atoms with van der Waals surface area (Å²) in [7, 11) is 3.71. The van der Waals surface area contributed by atoms with Crippen molar-refractivity contribution in [1.29, 1.82) is 0 Å². The van der Waals surface area contributed by atoms with Gasteiger partial charge < -0.3 is 15.4 Å². The number of rotatable bonds is 4. The molecule has 0 aliphatic heterocycles. The summed E-state index contributed by atoms with van der Waals surface area (Å²) in [5.41, 5.74) is 7.26. The van der Waals surface area contributed by atoms with Crippen LogP contribution in [0, 0.1) is 5.82 Å². The number of benzene rings is 1. The van der Waals surface area contributed by atoms with Crippen LogP contribution in [0.25, 0.3) is 0 Å². The lowest BCUT2D eigenvalue weighted by atomic mass is 10.1. The highest BCUT2D eigenvalue weighted by Gasteiger charge is 2.18. The van der Waals surface area contributed by atoms with Gasteiger partial charge in [0.25, 0.3) is 0 Å². The van der Waals surface area contributed by atoms with Gasteiger partial charge in [-0.2, -0.15) is 0 Å². The van der Waals surface area contributed by atoms with E-state index in [2.05, 4.69) is 20.9 Å². The van der Waals surface area contributed by atoms with Gasteiger partial charge in [-0.05, 0) is 41.1 Å². The molecule has 1 atom stereocenters. The number of nitrogens with two attached hydrogens (primary N) is 1. The highest BCUT2D eigenvalue weighted by molar-refractivity contribution is 9.10. The Morgan fingerprint density at radius 2 is 2.05 bits per heavy atom. The third-order valence-corrected chi connectivity index (χ3v) is 3.86. The smallest absolute Gasteiger partial charge is 0.166 e. The summed E-state index contributed by atoms with van der Waals surface area (Å²) in [6.07, 6.45) is 1.16. The second-order valence-electron chi connectivity index (χ2n) is 5.02. The average molecular weight is 389 g/mol. The predicted molar refractivity (Wildman–Crippen MR) is 91.1 cm³/mol. The van der Waals surface area contributed by atoms with Gasteiger partial charge >= 0.3 is 0 Å². The minimum atomic E-state index is -0.488. The largest absolute Gasteiger partial charge is 0.482 e. The molecule has 118 valence electrons. The Morgan fingerprint density at radius 3 is 2.68 bits per heavy atom. The zero-order chi connectivity index (χ0) is 16.4. The van der Waals surface area contributed by atoms with Crippen LogP contribution in [0.3, 0.4) is 0 Å². The second kappa shape index (κ2) is 6.71. The third-order valence-electron chi connectivity index (χ3n) is 3.14. The van der Waals surface area contributed by atoms with E-state index < -0.39 is 11.9 Å². The molecule has 1 unspecified atom stereocenters. The molecule has 0 radical (unpaired) electrons. The summed E-state index contributed by atoms with van der Waals surface area (Å²) >= 11 is 9.18. The number of nitrogen functional groups attached to an aromatic ring is 1. The van der Waals surface area contributed by atoms with E-state index in [9.17, 15) is 4.39 Å². The Morgan fingerprint density at radius 1 is 1.36 bits per heavy atom. The zero-order valence-corrected chi connectivity index (χ0v) is 14.7. The van der Waals surface area contributed by atoms with Crippen LogP contribution >= 0.6 is 27.5 Å². The van der Waals surface area contributed by atoms with Crippen LogP contribution in [-0.4, -0.2) is 19.1 Å². The first-order valence-electron chi connectivity index (χ1n) is 6.53. The second-order valence-corrected chi connectivity index (χ2v) is 6.34.